The third kappa shape index (κ3) is 2.61. The lowest BCUT2D eigenvalue weighted by atomic mass is 9.68. The van der Waals surface area contributed by atoms with Crippen molar-refractivity contribution in [3.63, 3.8) is 0 Å². The maximum atomic E-state index is 12.0. The van der Waals surface area contributed by atoms with Gasteiger partial charge >= 0.3 is 5.97 Å². The van der Waals surface area contributed by atoms with Gasteiger partial charge in [0.25, 0.3) is 0 Å². The number of esters is 1. The molecule has 0 spiro atoms. The number of rotatable bonds is 6. The molecular weight excluding hydrogens is 250 g/mol. The van der Waals surface area contributed by atoms with E-state index >= 15 is 0 Å². The first kappa shape index (κ1) is 15.8. The number of carbonyl (C=O) groups is 1. The second-order valence-corrected chi connectivity index (χ2v) is 7.73. The fourth-order valence-electron chi connectivity index (χ4n) is 4.74. The zero-order valence-corrected chi connectivity index (χ0v) is 13.8. The van der Waals surface area contributed by atoms with Gasteiger partial charge in [-0.2, -0.15) is 0 Å². The second kappa shape index (κ2) is 5.67. The molecule has 2 bridgehead atoms. The molecule has 0 aromatic heterocycles. The van der Waals surface area contributed by atoms with Gasteiger partial charge in [-0.25, -0.2) is 0 Å². The molecule has 0 amide bonds. The van der Waals surface area contributed by atoms with E-state index in [0.29, 0.717) is 11.5 Å². The van der Waals surface area contributed by atoms with Crippen LogP contribution >= 0.6 is 0 Å². The number of nitrogens with one attached hydrogen (secondary N) is 1. The SMILES string of the molecule is CCCCC(NC1C2(C)CCC(C2)C1(C)C)C(=O)OC. The molecule has 4 atom stereocenters. The number of hydrogen-bond donors (Lipinski definition) is 1. The van der Waals surface area contributed by atoms with Crippen LogP contribution in [0.5, 0.6) is 0 Å². The predicted octanol–water partition coefficient (Wildman–Crippen LogP) is 3.52. The molecule has 4 unspecified atom stereocenters. The van der Waals surface area contributed by atoms with Crippen molar-refractivity contribution in [3.8, 4) is 0 Å². The Kier molecular flexibility index (Phi) is 4.48. The maximum absolute atomic E-state index is 12.0. The molecule has 1 N–H and O–H groups in total. The quantitative estimate of drug-likeness (QED) is 0.757. The summed E-state index contributed by atoms with van der Waals surface area (Å²) in [6.07, 6.45) is 7.01. The van der Waals surface area contributed by atoms with Crippen molar-refractivity contribution in [2.75, 3.05) is 7.11 Å². The Bertz CT molecular complexity index is 361. The van der Waals surface area contributed by atoms with Crippen LogP contribution in [0.4, 0.5) is 0 Å². The van der Waals surface area contributed by atoms with E-state index in [1.54, 1.807) is 0 Å². The van der Waals surface area contributed by atoms with E-state index in [0.717, 1.165) is 25.2 Å². The molecule has 0 radical (unpaired) electrons. The minimum atomic E-state index is -0.139. The molecule has 0 heterocycles. The van der Waals surface area contributed by atoms with E-state index in [1.807, 2.05) is 0 Å². The normalized spacial score (nSPS) is 36.0. The van der Waals surface area contributed by atoms with Crippen molar-refractivity contribution in [1.29, 1.82) is 0 Å². The summed E-state index contributed by atoms with van der Waals surface area (Å²) in [5.74, 6) is 0.704. The van der Waals surface area contributed by atoms with Gasteiger partial charge in [0.1, 0.15) is 6.04 Å². The van der Waals surface area contributed by atoms with E-state index in [2.05, 4.69) is 33.0 Å². The summed E-state index contributed by atoms with van der Waals surface area (Å²) in [7, 11) is 1.50. The summed E-state index contributed by atoms with van der Waals surface area (Å²) >= 11 is 0. The third-order valence-electron chi connectivity index (χ3n) is 5.97. The van der Waals surface area contributed by atoms with E-state index < -0.39 is 0 Å². The van der Waals surface area contributed by atoms with Gasteiger partial charge in [0, 0.05) is 6.04 Å². The molecule has 2 saturated carbocycles. The third-order valence-corrected chi connectivity index (χ3v) is 5.97. The Labute approximate surface area is 123 Å². The summed E-state index contributed by atoms with van der Waals surface area (Å²) in [5.41, 5.74) is 0.637. The smallest absolute Gasteiger partial charge is 0.322 e. The Balaban J connectivity index is 2.11. The topological polar surface area (TPSA) is 38.3 Å². The molecule has 2 aliphatic rings. The van der Waals surface area contributed by atoms with Crippen molar-refractivity contribution < 1.29 is 9.53 Å². The molecule has 2 rings (SSSR count). The van der Waals surface area contributed by atoms with Crippen LogP contribution in [0.1, 0.15) is 66.2 Å². The Morgan fingerprint density at radius 2 is 2.10 bits per heavy atom. The van der Waals surface area contributed by atoms with Crippen molar-refractivity contribution in [2.24, 2.45) is 16.7 Å². The molecule has 116 valence electrons. The fraction of sp³-hybridized carbons (Fsp3) is 0.941. The molecular formula is C17H31NO2. The van der Waals surface area contributed by atoms with Gasteiger partial charge in [-0.15, -0.1) is 0 Å². The second-order valence-electron chi connectivity index (χ2n) is 7.73. The molecule has 0 saturated heterocycles. The van der Waals surface area contributed by atoms with Crippen LogP contribution in [0.25, 0.3) is 0 Å². The molecule has 20 heavy (non-hydrogen) atoms. The van der Waals surface area contributed by atoms with Crippen LogP contribution in [-0.2, 0) is 9.53 Å². The van der Waals surface area contributed by atoms with Gasteiger partial charge in [0.2, 0.25) is 0 Å². The number of carbonyl (C=O) groups excluding carboxylic acids is 1. The molecule has 3 nitrogen and oxygen atoms in total. The minimum Gasteiger partial charge on any atom is -0.468 e. The highest BCUT2D eigenvalue weighted by Gasteiger charge is 2.59. The highest BCUT2D eigenvalue weighted by atomic mass is 16.5. The van der Waals surface area contributed by atoms with Crippen LogP contribution < -0.4 is 5.32 Å². The zero-order chi connectivity index (χ0) is 15.0. The Morgan fingerprint density at radius 1 is 1.40 bits per heavy atom. The largest absolute Gasteiger partial charge is 0.468 e. The van der Waals surface area contributed by atoms with Crippen LogP contribution in [0, 0.1) is 16.7 Å². The Morgan fingerprint density at radius 3 is 2.60 bits per heavy atom. The molecule has 0 aromatic rings. The summed E-state index contributed by atoms with van der Waals surface area (Å²) < 4.78 is 5.00. The van der Waals surface area contributed by atoms with Crippen LogP contribution in [0.3, 0.4) is 0 Å². The summed E-state index contributed by atoms with van der Waals surface area (Å²) in [4.78, 5) is 12.0. The first-order valence-corrected chi connectivity index (χ1v) is 8.19. The van der Waals surface area contributed by atoms with Gasteiger partial charge in [0.15, 0.2) is 0 Å². The number of ether oxygens (including phenoxy) is 1. The van der Waals surface area contributed by atoms with Crippen molar-refractivity contribution in [2.45, 2.75) is 78.3 Å². The monoisotopic (exact) mass is 281 g/mol. The summed E-state index contributed by atoms with van der Waals surface area (Å²) in [6.45, 7) is 9.30. The number of methoxy groups -OCH3 is 1. The van der Waals surface area contributed by atoms with Crippen LogP contribution in [0.15, 0.2) is 0 Å². The molecule has 2 aliphatic carbocycles. The zero-order valence-electron chi connectivity index (χ0n) is 13.8. The van der Waals surface area contributed by atoms with Crippen LogP contribution in [0.2, 0.25) is 0 Å². The van der Waals surface area contributed by atoms with Crippen molar-refractivity contribution >= 4 is 5.97 Å². The number of unbranched alkanes of at least 4 members (excludes halogenated alkanes) is 1. The highest BCUT2D eigenvalue weighted by molar-refractivity contribution is 5.75. The molecule has 2 fully saturated rings. The average Bonchev–Trinajstić information content (AvgIpc) is 2.88. The van der Waals surface area contributed by atoms with E-state index in [4.69, 9.17) is 4.74 Å². The van der Waals surface area contributed by atoms with Gasteiger partial charge in [0.05, 0.1) is 7.11 Å². The van der Waals surface area contributed by atoms with E-state index in [9.17, 15) is 4.79 Å². The number of hydrogen-bond acceptors (Lipinski definition) is 3. The Hall–Kier alpha value is -0.570. The molecule has 0 aromatic carbocycles. The lowest BCUT2D eigenvalue weighted by molar-refractivity contribution is -0.144. The summed E-state index contributed by atoms with van der Waals surface area (Å²) in [5, 5.41) is 3.69. The van der Waals surface area contributed by atoms with Crippen molar-refractivity contribution in [3.05, 3.63) is 0 Å². The highest BCUT2D eigenvalue weighted by Crippen LogP contribution is 2.62. The van der Waals surface area contributed by atoms with Gasteiger partial charge in [-0.05, 0) is 42.4 Å². The summed E-state index contributed by atoms with van der Waals surface area (Å²) in [6, 6.07) is 0.287. The predicted molar refractivity (Wildman–Crippen MR) is 81.5 cm³/mol. The number of fused-ring (bicyclic) bond motifs is 2. The van der Waals surface area contributed by atoms with Gasteiger partial charge in [-0.3, -0.25) is 4.79 Å². The first-order chi connectivity index (χ1) is 9.35. The van der Waals surface area contributed by atoms with E-state index in [-0.39, 0.29) is 17.4 Å². The standard InChI is InChI=1S/C17H31NO2/c1-6-7-8-13(14(19)20-5)18-15-16(2,3)12-9-10-17(15,4)11-12/h12-13,15,18H,6-11H2,1-5H3. The minimum absolute atomic E-state index is 0.0966. The van der Waals surface area contributed by atoms with E-state index in [1.165, 1.54) is 26.4 Å². The van der Waals surface area contributed by atoms with Gasteiger partial charge < -0.3 is 10.1 Å². The molecule has 3 heteroatoms. The van der Waals surface area contributed by atoms with Crippen molar-refractivity contribution in [1.82, 2.24) is 5.32 Å². The molecule has 0 aliphatic heterocycles. The first-order valence-electron chi connectivity index (χ1n) is 8.19. The maximum Gasteiger partial charge on any atom is 0.322 e. The van der Waals surface area contributed by atoms with Gasteiger partial charge in [-0.1, -0.05) is 40.5 Å². The fourth-order valence-corrected chi connectivity index (χ4v) is 4.74. The lowest BCUT2D eigenvalue weighted by Crippen LogP contribution is -2.55. The average molecular weight is 281 g/mol. The lowest BCUT2D eigenvalue weighted by Gasteiger charge is -2.44. The van der Waals surface area contributed by atoms with Crippen LogP contribution in [-0.4, -0.2) is 25.2 Å².